The van der Waals surface area contributed by atoms with Crippen LogP contribution in [0.25, 0.3) is 11.3 Å². The molecule has 0 aliphatic heterocycles. The predicted octanol–water partition coefficient (Wildman–Crippen LogP) is 2.70. The summed E-state index contributed by atoms with van der Waals surface area (Å²) in [5, 5.41) is 0.635. The van der Waals surface area contributed by atoms with Crippen LogP contribution in [-0.2, 0) is 0 Å². The van der Waals surface area contributed by atoms with Crippen molar-refractivity contribution in [2.45, 2.75) is 6.92 Å². The number of nitrogens with two attached hydrogens (primary N) is 1. The Balaban J connectivity index is 2.65. The third kappa shape index (κ3) is 2.31. The second-order valence-electron chi connectivity index (χ2n) is 3.60. The number of nitrogens with zero attached hydrogens (tertiary/aromatic N) is 2. The monoisotopic (exact) mass is 249 g/mol. The zero-order valence-corrected chi connectivity index (χ0v) is 10.3. The second-order valence-corrected chi connectivity index (χ2v) is 4.04. The van der Waals surface area contributed by atoms with Crippen LogP contribution in [0.15, 0.2) is 24.4 Å². The standard InChI is InChI=1S/C12H12ClN3O/c1-7-5-8(13)6-9(11(7)17-2)10-3-4-15-12(14)16-10/h3-6H,1-2H3,(H2,14,15,16). The van der Waals surface area contributed by atoms with E-state index in [0.717, 1.165) is 16.9 Å². The first-order valence-corrected chi connectivity index (χ1v) is 5.42. The number of hydrogen-bond acceptors (Lipinski definition) is 4. The molecule has 0 atom stereocenters. The summed E-state index contributed by atoms with van der Waals surface area (Å²) in [5.74, 6) is 0.967. The maximum atomic E-state index is 6.04. The Hall–Kier alpha value is -1.81. The van der Waals surface area contributed by atoms with Gasteiger partial charge in [-0.3, -0.25) is 0 Å². The van der Waals surface area contributed by atoms with Crippen LogP contribution in [0.4, 0.5) is 5.95 Å². The lowest BCUT2D eigenvalue weighted by molar-refractivity contribution is 0.413. The third-order valence-electron chi connectivity index (χ3n) is 2.39. The summed E-state index contributed by atoms with van der Waals surface area (Å²) >= 11 is 6.04. The van der Waals surface area contributed by atoms with Crippen LogP contribution in [-0.4, -0.2) is 17.1 Å². The van der Waals surface area contributed by atoms with E-state index >= 15 is 0 Å². The molecule has 17 heavy (non-hydrogen) atoms. The molecule has 0 unspecified atom stereocenters. The summed E-state index contributed by atoms with van der Waals surface area (Å²) in [6.07, 6.45) is 1.60. The molecule has 1 heterocycles. The topological polar surface area (TPSA) is 61.0 Å². The fraction of sp³-hybridized carbons (Fsp3) is 0.167. The van der Waals surface area contributed by atoms with Crippen molar-refractivity contribution in [3.8, 4) is 17.0 Å². The molecule has 2 rings (SSSR count). The molecule has 0 spiro atoms. The van der Waals surface area contributed by atoms with Crippen molar-refractivity contribution in [3.63, 3.8) is 0 Å². The van der Waals surface area contributed by atoms with Gasteiger partial charge in [0.15, 0.2) is 0 Å². The SMILES string of the molecule is COc1c(C)cc(Cl)cc1-c1ccnc(N)n1. The molecule has 4 nitrogen and oxygen atoms in total. The van der Waals surface area contributed by atoms with E-state index in [1.165, 1.54) is 0 Å². The first kappa shape index (κ1) is 11.7. The molecule has 1 aromatic carbocycles. The lowest BCUT2D eigenvalue weighted by Gasteiger charge is -2.11. The van der Waals surface area contributed by atoms with Gasteiger partial charge in [-0.25, -0.2) is 9.97 Å². The van der Waals surface area contributed by atoms with E-state index < -0.39 is 0 Å². The Bertz CT molecular complexity index is 557. The average Bonchev–Trinajstić information content (AvgIpc) is 2.28. The van der Waals surface area contributed by atoms with Gasteiger partial charge >= 0.3 is 0 Å². The van der Waals surface area contributed by atoms with Crippen molar-refractivity contribution in [2.24, 2.45) is 0 Å². The van der Waals surface area contributed by atoms with Crippen molar-refractivity contribution in [1.82, 2.24) is 9.97 Å². The van der Waals surface area contributed by atoms with E-state index in [0.29, 0.717) is 10.7 Å². The Morgan fingerprint density at radius 3 is 2.76 bits per heavy atom. The van der Waals surface area contributed by atoms with Crippen LogP contribution in [0.3, 0.4) is 0 Å². The summed E-state index contributed by atoms with van der Waals surface area (Å²) in [7, 11) is 1.62. The van der Waals surface area contributed by atoms with Gasteiger partial charge in [0.05, 0.1) is 12.8 Å². The number of ether oxygens (including phenoxy) is 1. The Morgan fingerprint density at radius 1 is 1.35 bits per heavy atom. The molecule has 0 radical (unpaired) electrons. The first-order valence-electron chi connectivity index (χ1n) is 5.05. The summed E-state index contributed by atoms with van der Waals surface area (Å²) in [4.78, 5) is 8.02. The molecule has 88 valence electrons. The molecular weight excluding hydrogens is 238 g/mol. The van der Waals surface area contributed by atoms with Crippen molar-refractivity contribution < 1.29 is 4.74 Å². The van der Waals surface area contributed by atoms with Gasteiger partial charge in [-0.1, -0.05) is 11.6 Å². The molecule has 0 bridgehead atoms. The Kier molecular flexibility index (Phi) is 3.15. The molecule has 0 aliphatic rings. The molecule has 1 aromatic heterocycles. The molecular formula is C12H12ClN3O. The summed E-state index contributed by atoms with van der Waals surface area (Å²) in [5.41, 5.74) is 8.02. The average molecular weight is 250 g/mol. The molecule has 0 amide bonds. The Labute approximate surface area is 104 Å². The number of nitrogen functional groups attached to an aromatic ring is 1. The molecule has 5 heteroatoms. The minimum atomic E-state index is 0.224. The van der Waals surface area contributed by atoms with Crippen LogP contribution in [0.5, 0.6) is 5.75 Å². The zero-order valence-electron chi connectivity index (χ0n) is 9.57. The first-order chi connectivity index (χ1) is 8.11. The largest absolute Gasteiger partial charge is 0.496 e. The van der Waals surface area contributed by atoms with E-state index in [1.54, 1.807) is 25.4 Å². The highest BCUT2D eigenvalue weighted by Gasteiger charge is 2.11. The number of halogens is 1. The van der Waals surface area contributed by atoms with E-state index in [-0.39, 0.29) is 5.95 Å². The van der Waals surface area contributed by atoms with E-state index in [2.05, 4.69) is 9.97 Å². The number of hydrogen-bond donors (Lipinski definition) is 1. The number of rotatable bonds is 2. The molecule has 2 aromatic rings. The molecule has 0 aliphatic carbocycles. The second kappa shape index (κ2) is 4.59. The van der Waals surface area contributed by atoms with Gasteiger partial charge < -0.3 is 10.5 Å². The molecule has 0 saturated heterocycles. The fourth-order valence-corrected chi connectivity index (χ4v) is 1.99. The summed E-state index contributed by atoms with van der Waals surface area (Å²) in [6, 6.07) is 5.41. The van der Waals surface area contributed by atoms with Gasteiger partial charge in [-0.15, -0.1) is 0 Å². The highest BCUT2D eigenvalue weighted by molar-refractivity contribution is 6.31. The lowest BCUT2D eigenvalue weighted by atomic mass is 10.1. The van der Waals surface area contributed by atoms with Crippen LogP contribution < -0.4 is 10.5 Å². The molecule has 0 saturated carbocycles. The molecule has 0 fully saturated rings. The smallest absolute Gasteiger partial charge is 0.220 e. The normalized spacial score (nSPS) is 10.3. The number of methoxy groups -OCH3 is 1. The minimum absolute atomic E-state index is 0.224. The number of aryl methyl sites for hydroxylation is 1. The van der Waals surface area contributed by atoms with E-state index in [9.17, 15) is 0 Å². The van der Waals surface area contributed by atoms with Crippen molar-refractivity contribution in [3.05, 3.63) is 35.0 Å². The number of anilines is 1. The minimum Gasteiger partial charge on any atom is -0.496 e. The van der Waals surface area contributed by atoms with Gasteiger partial charge in [0.1, 0.15) is 5.75 Å². The van der Waals surface area contributed by atoms with Gasteiger partial charge in [0.2, 0.25) is 5.95 Å². The van der Waals surface area contributed by atoms with Gasteiger partial charge in [-0.2, -0.15) is 0 Å². The van der Waals surface area contributed by atoms with Crippen LogP contribution in [0.1, 0.15) is 5.56 Å². The van der Waals surface area contributed by atoms with Crippen molar-refractivity contribution in [1.29, 1.82) is 0 Å². The maximum absolute atomic E-state index is 6.04. The highest BCUT2D eigenvalue weighted by atomic mass is 35.5. The zero-order chi connectivity index (χ0) is 12.4. The number of benzene rings is 1. The summed E-state index contributed by atoms with van der Waals surface area (Å²) in [6.45, 7) is 1.93. The summed E-state index contributed by atoms with van der Waals surface area (Å²) < 4.78 is 5.37. The quantitative estimate of drug-likeness (QED) is 0.889. The van der Waals surface area contributed by atoms with Gasteiger partial charge in [0, 0.05) is 16.8 Å². The van der Waals surface area contributed by atoms with Gasteiger partial charge in [-0.05, 0) is 30.7 Å². The third-order valence-corrected chi connectivity index (χ3v) is 2.61. The van der Waals surface area contributed by atoms with Crippen LogP contribution >= 0.6 is 11.6 Å². The Morgan fingerprint density at radius 2 is 2.12 bits per heavy atom. The maximum Gasteiger partial charge on any atom is 0.220 e. The van der Waals surface area contributed by atoms with Crippen molar-refractivity contribution in [2.75, 3.05) is 12.8 Å². The van der Waals surface area contributed by atoms with Crippen LogP contribution in [0, 0.1) is 6.92 Å². The highest BCUT2D eigenvalue weighted by Crippen LogP contribution is 2.34. The molecule has 2 N–H and O–H groups in total. The fourth-order valence-electron chi connectivity index (χ4n) is 1.71. The van der Waals surface area contributed by atoms with Gasteiger partial charge in [0.25, 0.3) is 0 Å². The van der Waals surface area contributed by atoms with Crippen molar-refractivity contribution >= 4 is 17.5 Å². The lowest BCUT2D eigenvalue weighted by Crippen LogP contribution is -1.97. The number of aromatic nitrogens is 2. The van der Waals surface area contributed by atoms with E-state index in [1.807, 2.05) is 13.0 Å². The van der Waals surface area contributed by atoms with E-state index in [4.69, 9.17) is 22.1 Å². The predicted molar refractivity (Wildman–Crippen MR) is 68.2 cm³/mol. The van der Waals surface area contributed by atoms with Crippen LogP contribution in [0.2, 0.25) is 5.02 Å².